The topological polar surface area (TPSA) is 101 Å². The second-order valence-electron chi connectivity index (χ2n) is 8.20. The van der Waals surface area contributed by atoms with E-state index in [1.54, 1.807) is 17.0 Å². The lowest BCUT2D eigenvalue weighted by Gasteiger charge is -2.36. The van der Waals surface area contributed by atoms with Gasteiger partial charge in [0.1, 0.15) is 0 Å². The predicted molar refractivity (Wildman–Crippen MR) is 122 cm³/mol. The molecule has 0 aliphatic carbocycles. The molecule has 0 radical (unpaired) electrons. The van der Waals surface area contributed by atoms with Crippen molar-refractivity contribution in [2.75, 3.05) is 73.7 Å². The fourth-order valence-corrected chi connectivity index (χ4v) is 4.17. The quantitative estimate of drug-likeness (QED) is 0.604. The SMILES string of the molecule is COc1cc(C(=O)NCC(=O)N2CCN(CC(=O)N3CCCCC3)CC2)cc(OC)c1OC. The summed E-state index contributed by atoms with van der Waals surface area (Å²) < 4.78 is 15.8. The number of piperidine rings is 1. The fourth-order valence-electron chi connectivity index (χ4n) is 4.17. The molecule has 1 aromatic rings. The lowest BCUT2D eigenvalue weighted by Crippen LogP contribution is -2.53. The average Bonchev–Trinajstić information content (AvgIpc) is 2.86. The van der Waals surface area contributed by atoms with Crippen molar-refractivity contribution in [2.45, 2.75) is 19.3 Å². The van der Waals surface area contributed by atoms with E-state index in [9.17, 15) is 14.4 Å². The van der Waals surface area contributed by atoms with Crippen LogP contribution in [0.15, 0.2) is 12.1 Å². The second-order valence-corrected chi connectivity index (χ2v) is 8.20. The van der Waals surface area contributed by atoms with Crippen molar-refractivity contribution in [3.05, 3.63) is 17.7 Å². The first-order chi connectivity index (χ1) is 16.0. The number of nitrogens with zero attached hydrogens (tertiary/aromatic N) is 3. The number of hydrogen-bond donors (Lipinski definition) is 1. The van der Waals surface area contributed by atoms with E-state index in [1.807, 2.05) is 4.90 Å². The van der Waals surface area contributed by atoms with E-state index in [1.165, 1.54) is 27.8 Å². The Bertz CT molecular complexity index is 822. The highest BCUT2D eigenvalue weighted by Crippen LogP contribution is 2.38. The Morgan fingerprint density at radius 1 is 0.788 bits per heavy atom. The van der Waals surface area contributed by atoms with Gasteiger partial charge in [0.15, 0.2) is 11.5 Å². The highest BCUT2D eigenvalue weighted by molar-refractivity contribution is 5.97. The van der Waals surface area contributed by atoms with Crippen LogP contribution in [-0.4, -0.2) is 106 Å². The Kier molecular flexibility index (Phi) is 8.76. The second kappa shape index (κ2) is 11.7. The Morgan fingerprint density at radius 2 is 1.36 bits per heavy atom. The summed E-state index contributed by atoms with van der Waals surface area (Å²) in [5, 5.41) is 2.67. The number of rotatable bonds is 8. The molecule has 33 heavy (non-hydrogen) atoms. The van der Waals surface area contributed by atoms with Crippen molar-refractivity contribution in [1.82, 2.24) is 20.0 Å². The molecule has 0 saturated carbocycles. The molecule has 2 heterocycles. The van der Waals surface area contributed by atoms with E-state index in [2.05, 4.69) is 10.2 Å². The van der Waals surface area contributed by atoms with Crippen molar-refractivity contribution in [1.29, 1.82) is 0 Å². The van der Waals surface area contributed by atoms with E-state index in [0.29, 0.717) is 55.5 Å². The molecule has 0 aromatic heterocycles. The summed E-state index contributed by atoms with van der Waals surface area (Å²) >= 11 is 0. The van der Waals surface area contributed by atoms with Crippen LogP contribution >= 0.6 is 0 Å². The zero-order valence-electron chi connectivity index (χ0n) is 19.7. The summed E-state index contributed by atoms with van der Waals surface area (Å²) in [6.45, 7) is 4.35. The molecule has 0 atom stereocenters. The monoisotopic (exact) mass is 462 g/mol. The van der Waals surface area contributed by atoms with Crippen LogP contribution in [0.5, 0.6) is 17.2 Å². The Labute approximate surface area is 194 Å². The van der Waals surface area contributed by atoms with Crippen LogP contribution in [0.25, 0.3) is 0 Å². The van der Waals surface area contributed by atoms with Crippen molar-refractivity contribution in [3.8, 4) is 17.2 Å². The number of methoxy groups -OCH3 is 3. The smallest absolute Gasteiger partial charge is 0.251 e. The summed E-state index contributed by atoms with van der Waals surface area (Å²) in [6, 6.07) is 3.08. The van der Waals surface area contributed by atoms with Gasteiger partial charge in [-0.1, -0.05) is 0 Å². The summed E-state index contributed by atoms with van der Waals surface area (Å²) in [4.78, 5) is 43.4. The molecule has 0 spiro atoms. The molecule has 2 aliphatic rings. The van der Waals surface area contributed by atoms with Crippen LogP contribution in [0.1, 0.15) is 29.6 Å². The number of carbonyl (C=O) groups excluding carboxylic acids is 3. The van der Waals surface area contributed by atoms with Crippen molar-refractivity contribution in [2.24, 2.45) is 0 Å². The Balaban J connectivity index is 1.46. The number of piperazine rings is 1. The number of nitrogens with one attached hydrogen (secondary N) is 1. The van der Waals surface area contributed by atoms with Gasteiger partial charge in [0.25, 0.3) is 5.91 Å². The predicted octanol–water partition coefficient (Wildman–Crippen LogP) is 0.599. The molecule has 182 valence electrons. The van der Waals surface area contributed by atoms with Gasteiger partial charge < -0.3 is 29.3 Å². The lowest BCUT2D eigenvalue weighted by molar-refractivity contribution is -0.135. The molecule has 0 unspecified atom stereocenters. The van der Waals surface area contributed by atoms with Crippen LogP contribution < -0.4 is 19.5 Å². The maximum absolute atomic E-state index is 12.6. The number of benzene rings is 1. The molecule has 3 amide bonds. The van der Waals surface area contributed by atoms with E-state index in [0.717, 1.165) is 25.9 Å². The zero-order valence-corrected chi connectivity index (χ0v) is 19.7. The summed E-state index contributed by atoms with van der Waals surface area (Å²) in [5.41, 5.74) is 0.304. The first-order valence-corrected chi connectivity index (χ1v) is 11.3. The third-order valence-electron chi connectivity index (χ3n) is 6.12. The Morgan fingerprint density at radius 3 is 1.91 bits per heavy atom. The van der Waals surface area contributed by atoms with E-state index in [4.69, 9.17) is 14.2 Å². The Hall–Kier alpha value is -3.01. The minimum absolute atomic E-state index is 0.109. The summed E-state index contributed by atoms with van der Waals surface area (Å²) in [7, 11) is 4.44. The van der Waals surface area contributed by atoms with Gasteiger partial charge in [-0.2, -0.15) is 0 Å². The van der Waals surface area contributed by atoms with Crippen molar-refractivity contribution in [3.63, 3.8) is 0 Å². The highest BCUT2D eigenvalue weighted by atomic mass is 16.5. The first-order valence-electron chi connectivity index (χ1n) is 11.3. The summed E-state index contributed by atoms with van der Waals surface area (Å²) in [5.74, 6) is 0.731. The lowest BCUT2D eigenvalue weighted by atomic mass is 10.1. The van der Waals surface area contributed by atoms with Crippen molar-refractivity contribution < 1.29 is 28.6 Å². The van der Waals surface area contributed by atoms with Gasteiger partial charge in [0.2, 0.25) is 17.6 Å². The van der Waals surface area contributed by atoms with Gasteiger partial charge in [0, 0.05) is 44.8 Å². The van der Waals surface area contributed by atoms with Gasteiger partial charge in [-0.25, -0.2) is 0 Å². The summed E-state index contributed by atoms with van der Waals surface area (Å²) in [6.07, 6.45) is 3.35. The number of amides is 3. The maximum atomic E-state index is 12.6. The minimum atomic E-state index is -0.409. The van der Waals surface area contributed by atoms with Gasteiger partial charge in [-0.3, -0.25) is 19.3 Å². The van der Waals surface area contributed by atoms with Gasteiger partial charge in [-0.05, 0) is 31.4 Å². The number of carbonyl (C=O) groups is 3. The molecule has 2 fully saturated rings. The molecular weight excluding hydrogens is 428 g/mol. The number of likely N-dealkylation sites (tertiary alicyclic amines) is 1. The van der Waals surface area contributed by atoms with Crippen LogP contribution in [0.3, 0.4) is 0 Å². The molecule has 3 rings (SSSR count). The van der Waals surface area contributed by atoms with Crippen molar-refractivity contribution >= 4 is 17.7 Å². The van der Waals surface area contributed by atoms with Crippen LogP contribution in [0.4, 0.5) is 0 Å². The maximum Gasteiger partial charge on any atom is 0.251 e. The van der Waals surface area contributed by atoms with Gasteiger partial charge >= 0.3 is 0 Å². The molecule has 1 aromatic carbocycles. The van der Waals surface area contributed by atoms with Crippen LogP contribution in [-0.2, 0) is 9.59 Å². The largest absolute Gasteiger partial charge is 0.493 e. The molecule has 10 heteroatoms. The highest BCUT2D eigenvalue weighted by Gasteiger charge is 2.25. The van der Waals surface area contributed by atoms with Gasteiger partial charge in [0.05, 0.1) is 34.4 Å². The number of ether oxygens (including phenoxy) is 3. The zero-order chi connectivity index (χ0) is 23.8. The molecular formula is C23H34N4O6. The molecule has 1 N–H and O–H groups in total. The average molecular weight is 463 g/mol. The van der Waals surface area contributed by atoms with E-state index >= 15 is 0 Å². The van der Waals surface area contributed by atoms with Crippen LogP contribution in [0, 0.1) is 0 Å². The molecule has 2 saturated heterocycles. The molecule has 0 bridgehead atoms. The van der Waals surface area contributed by atoms with E-state index < -0.39 is 5.91 Å². The molecule has 2 aliphatic heterocycles. The normalized spacial score (nSPS) is 16.8. The van der Waals surface area contributed by atoms with Crippen LogP contribution in [0.2, 0.25) is 0 Å². The molecule has 10 nitrogen and oxygen atoms in total. The number of hydrogen-bond acceptors (Lipinski definition) is 7. The fraction of sp³-hybridized carbons (Fsp3) is 0.609. The third kappa shape index (κ3) is 6.28. The first kappa shape index (κ1) is 24.6. The third-order valence-corrected chi connectivity index (χ3v) is 6.12. The van der Waals surface area contributed by atoms with E-state index in [-0.39, 0.29) is 18.4 Å². The standard InChI is InChI=1S/C23H34N4O6/c1-31-18-13-17(14-19(32-2)22(18)33-3)23(30)24-15-20(28)27-11-9-25(10-12-27)16-21(29)26-7-5-4-6-8-26/h13-14H,4-12,15-16H2,1-3H3,(H,24,30). The minimum Gasteiger partial charge on any atom is -0.493 e. The van der Waals surface area contributed by atoms with Gasteiger partial charge in [-0.15, -0.1) is 0 Å².